The zero-order valence-electron chi connectivity index (χ0n) is 12.6. The molecule has 0 radical (unpaired) electrons. The van der Waals surface area contributed by atoms with E-state index in [1.165, 1.54) is 44.3 Å². The van der Waals surface area contributed by atoms with E-state index in [2.05, 4.69) is 40.1 Å². The summed E-state index contributed by atoms with van der Waals surface area (Å²) < 4.78 is 0. The third-order valence-electron chi connectivity index (χ3n) is 5.30. The molecule has 2 fully saturated rings. The minimum Gasteiger partial charge on any atom is -0.376 e. The number of piperidine rings is 2. The lowest BCUT2D eigenvalue weighted by atomic mass is 9.71. The Morgan fingerprint density at radius 2 is 1.57 bits per heavy atom. The first-order chi connectivity index (χ1) is 10.2. The summed E-state index contributed by atoms with van der Waals surface area (Å²) in [5.41, 5.74) is 7.72. The summed E-state index contributed by atoms with van der Waals surface area (Å²) in [6, 6.07) is 10.8. The van der Waals surface area contributed by atoms with Crippen LogP contribution in [-0.4, -0.2) is 41.1 Å². The number of thiocarbonyl (C=S) groups is 1. The Kier molecular flexibility index (Phi) is 4.45. The van der Waals surface area contributed by atoms with Crippen molar-refractivity contribution >= 4 is 17.3 Å². The molecule has 0 saturated carbocycles. The van der Waals surface area contributed by atoms with Crippen LogP contribution in [0.5, 0.6) is 0 Å². The number of hydrogen-bond acceptors (Lipinski definition) is 2. The van der Waals surface area contributed by atoms with E-state index in [1.807, 2.05) is 0 Å². The molecule has 2 N–H and O–H groups in total. The molecule has 2 aliphatic heterocycles. The lowest BCUT2D eigenvalue weighted by Gasteiger charge is -2.47. The zero-order valence-corrected chi connectivity index (χ0v) is 13.4. The SMILES string of the molecule is NC(=S)N1CCC2(CCN(Cc3ccccc3)CC2)CC1. The summed E-state index contributed by atoms with van der Waals surface area (Å²) in [6.07, 6.45) is 5.16. The summed E-state index contributed by atoms with van der Waals surface area (Å²) in [7, 11) is 0. The highest BCUT2D eigenvalue weighted by Crippen LogP contribution is 2.41. The van der Waals surface area contributed by atoms with Gasteiger partial charge in [0.15, 0.2) is 5.11 Å². The highest BCUT2D eigenvalue weighted by atomic mass is 32.1. The molecule has 2 saturated heterocycles. The fraction of sp³-hybridized carbons (Fsp3) is 0.588. The number of hydrogen-bond donors (Lipinski definition) is 1. The molecule has 3 rings (SSSR count). The minimum atomic E-state index is 0.550. The van der Waals surface area contributed by atoms with Gasteiger partial charge in [-0.3, -0.25) is 4.90 Å². The van der Waals surface area contributed by atoms with Crippen LogP contribution in [0.15, 0.2) is 30.3 Å². The number of likely N-dealkylation sites (tertiary alicyclic amines) is 2. The molecular formula is C17H25N3S. The Morgan fingerprint density at radius 3 is 2.14 bits per heavy atom. The van der Waals surface area contributed by atoms with Crippen LogP contribution >= 0.6 is 12.2 Å². The first-order valence-corrected chi connectivity index (χ1v) is 8.38. The maximum atomic E-state index is 5.74. The number of nitrogens with zero attached hydrogens (tertiary/aromatic N) is 2. The molecule has 0 aromatic heterocycles. The molecule has 114 valence electrons. The summed E-state index contributed by atoms with van der Waals surface area (Å²) in [5, 5.41) is 0.575. The molecule has 21 heavy (non-hydrogen) atoms. The summed E-state index contributed by atoms with van der Waals surface area (Å²) >= 11 is 5.09. The van der Waals surface area contributed by atoms with Gasteiger partial charge in [0.25, 0.3) is 0 Å². The summed E-state index contributed by atoms with van der Waals surface area (Å²) in [5.74, 6) is 0. The second-order valence-corrected chi connectivity index (χ2v) is 7.01. The van der Waals surface area contributed by atoms with Crippen LogP contribution in [0.4, 0.5) is 0 Å². The van der Waals surface area contributed by atoms with Gasteiger partial charge in [-0.15, -0.1) is 0 Å². The highest BCUT2D eigenvalue weighted by molar-refractivity contribution is 7.80. The maximum absolute atomic E-state index is 5.74. The van der Waals surface area contributed by atoms with Crippen LogP contribution < -0.4 is 5.73 Å². The Labute approximate surface area is 133 Å². The Hall–Kier alpha value is -1.13. The zero-order chi connectivity index (χ0) is 14.7. The Morgan fingerprint density at radius 1 is 1.00 bits per heavy atom. The van der Waals surface area contributed by atoms with E-state index in [4.69, 9.17) is 18.0 Å². The van der Waals surface area contributed by atoms with Crippen molar-refractivity contribution in [3.8, 4) is 0 Å². The van der Waals surface area contributed by atoms with E-state index in [-0.39, 0.29) is 0 Å². The van der Waals surface area contributed by atoms with Crippen LogP contribution in [0.1, 0.15) is 31.2 Å². The van der Waals surface area contributed by atoms with E-state index in [1.54, 1.807) is 0 Å². The third kappa shape index (κ3) is 3.55. The predicted octanol–water partition coefficient (Wildman–Crippen LogP) is 2.61. The number of rotatable bonds is 2. The van der Waals surface area contributed by atoms with Crippen LogP contribution in [0.25, 0.3) is 0 Å². The van der Waals surface area contributed by atoms with Gasteiger partial charge in [-0.25, -0.2) is 0 Å². The van der Waals surface area contributed by atoms with Crippen molar-refractivity contribution in [3.63, 3.8) is 0 Å². The third-order valence-corrected chi connectivity index (χ3v) is 5.56. The van der Waals surface area contributed by atoms with Crippen molar-refractivity contribution < 1.29 is 0 Å². The average Bonchev–Trinajstić information content (AvgIpc) is 2.51. The van der Waals surface area contributed by atoms with Crippen molar-refractivity contribution in [2.75, 3.05) is 26.2 Å². The smallest absolute Gasteiger partial charge is 0.166 e. The molecule has 3 nitrogen and oxygen atoms in total. The van der Waals surface area contributed by atoms with Crippen molar-refractivity contribution in [1.29, 1.82) is 0 Å². The van der Waals surface area contributed by atoms with Crippen LogP contribution in [0, 0.1) is 5.41 Å². The molecule has 2 aliphatic rings. The van der Waals surface area contributed by atoms with Gasteiger partial charge in [-0.1, -0.05) is 30.3 Å². The first-order valence-electron chi connectivity index (χ1n) is 7.98. The standard InChI is InChI=1S/C17H25N3S/c18-16(21)20-12-8-17(9-13-20)6-10-19(11-7-17)14-15-4-2-1-3-5-15/h1-5H,6-14H2,(H2,18,21). The molecule has 0 bridgehead atoms. The molecule has 1 aromatic carbocycles. The second-order valence-electron chi connectivity index (χ2n) is 6.59. The molecule has 1 aromatic rings. The Balaban J connectivity index is 1.50. The van der Waals surface area contributed by atoms with E-state index >= 15 is 0 Å². The fourth-order valence-corrected chi connectivity index (χ4v) is 3.91. The van der Waals surface area contributed by atoms with Gasteiger partial charge in [-0.05, 0) is 62.0 Å². The summed E-state index contributed by atoms with van der Waals surface area (Å²) in [6.45, 7) is 5.64. The monoisotopic (exact) mass is 303 g/mol. The Bertz CT molecular complexity index is 470. The van der Waals surface area contributed by atoms with E-state index in [0.29, 0.717) is 10.5 Å². The van der Waals surface area contributed by atoms with Crippen molar-refractivity contribution in [3.05, 3.63) is 35.9 Å². The van der Waals surface area contributed by atoms with Gasteiger partial charge >= 0.3 is 0 Å². The van der Waals surface area contributed by atoms with Crippen LogP contribution in [-0.2, 0) is 6.54 Å². The van der Waals surface area contributed by atoms with Crippen molar-refractivity contribution in [2.45, 2.75) is 32.2 Å². The van der Waals surface area contributed by atoms with Gasteiger partial charge in [0.2, 0.25) is 0 Å². The van der Waals surface area contributed by atoms with Crippen molar-refractivity contribution in [1.82, 2.24) is 9.80 Å². The van der Waals surface area contributed by atoms with E-state index in [0.717, 1.165) is 19.6 Å². The lowest BCUT2D eigenvalue weighted by molar-refractivity contribution is 0.0505. The van der Waals surface area contributed by atoms with Gasteiger partial charge in [0, 0.05) is 19.6 Å². The second kappa shape index (κ2) is 6.32. The van der Waals surface area contributed by atoms with Gasteiger partial charge < -0.3 is 10.6 Å². The molecule has 0 unspecified atom stereocenters. The van der Waals surface area contributed by atoms with Gasteiger partial charge in [-0.2, -0.15) is 0 Å². The predicted molar refractivity (Wildman–Crippen MR) is 91.0 cm³/mol. The lowest BCUT2D eigenvalue weighted by Crippen LogP contribution is -2.49. The maximum Gasteiger partial charge on any atom is 0.166 e. The molecule has 0 aliphatic carbocycles. The average molecular weight is 303 g/mol. The number of benzene rings is 1. The van der Waals surface area contributed by atoms with E-state index < -0.39 is 0 Å². The topological polar surface area (TPSA) is 32.5 Å². The molecule has 4 heteroatoms. The van der Waals surface area contributed by atoms with Crippen LogP contribution in [0.3, 0.4) is 0 Å². The molecular weight excluding hydrogens is 278 g/mol. The molecule has 2 heterocycles. The quantitative estimate of drug-likeness (QED) is 0.851. The van der Waals surface area contributed by atoms with Gasteiger partial charge in [0.05, 0.1) is 0 Å². The number of nitrogens with two attached hydrogens (primary N) is 1. The van der Waals surface area contributed by atoms with Crippen LogP contribution in [0.2, 0.25) is 0 Å². The molecule has 0 atom stereocenters. The van der Waals surface area contributed by atoms with E-state index in [9.17, 15) is 0 Å². The normalized spacial score (nSPS) is 22.4. The highest BCUT2D eigenvalue weighted by Gasteiger charge is 2.37. The van der Waals surface area contributed by atoms with Crippen molar-refractivity contribution in [2.24, 2.45) is 11.1 Å². The summed E-state index contributed by atoms with van der Waals surface area (Å²) in [4.78, 5) is 4.76. The van der Waals surface area contributed by atoms with Gasteiger partial charge in [0.1, 0.15) is 0 Å². The molecule has 1 spiro atoms. The fourth-order valence-electron chi connectivity index (χ4n) is 3.73. The molecule has 0 amide bonds. The minimum absolute atomic E-state index is 0.550. The largest absolute Gasteiger partial charge is 0.376 e. The first kappa shape index (κ1) is 14.8.